The summed E-state index contributed by atoms with van der Waals surface area (Å²) >= 11 is 6.10. The van der Waals surface area contributed by atoms with E-state index in [0.29, 0.717) is 11.6 Å². The third-order valence-electron chi connectivity index (χ3n) is 8.53. The normalized spacial score (nSPS) is 27.2. The Morgan fingerprint density at radius 2 is 1.50 bits per heavy atom. The standard InChI is InChI=1S/C33H32ClN3O5/c1-32-16-17-33(42-32)27(26(32)29(38)35-19-22-10-14-25(41-2)15-11-22)31(40)37(20-23-8-12-24(34)13-9-23)28(33)30(39)36-18-21-6-4-3-5-7-21/h3-17,26-28H,18-20H2,1-2H3,(H,35,38)(H,36,39)/t26-,27+,28-,32+,33+/m1/s1. The lowest BCUT2D eigenvalue weighted by atomic mass is 9.70. The minimum atomic E-state index is -1.28. The number of halogens is 1. The van der Waals surface area contributed by atoms with Gasteiger partial charge in [0, 0.05) is 24.7 Å². The zero-order valence-electron chi connectivity index (χ0n) is 23.4. The van der Waals surface area contributed by atoms with Gasteiger partial charge in [-0.15, -0.1) is 0 Å². The molecule has 0 saturated carbocycles. The van der Waals surface area contributed by atoms with Crippen LogP contribution in [0.25, 0.3) is 0 Å². The Labute approximate surface area is 249 Å². The van der Waals surface area contributed by atoms with E-state index in [0.717, 1.165) is 22.4 Å². The van der Waals surface area contributed by atoms with Gasteiger partial charge in [0.1, 0.15) is 17.4 Å². The van der Waals surface area contributed by atoms with Gasteiger partial charge in [0.2, 0.25) is 17.7 Å². The molecule has 3 aliphatic rings. The summed E-state index contributed by atoms with van der Waals surface area (Å²) in [6, 6.07) is 23.2. The molecule has 6 rings (SSSR count). The van der Waals surface area contributed by atoms with Crippen molar-refractivity contribution in [2.45, 2.75) is 43.8 Å². The lowest BCUT2D eigenvalue weighted by Gasteiger charge is -2.33. The van der Waals surface area contributed by atoms with Crippen LogP contribution in [0.5, 0.6) is 5.75 Å². The number of hydrogen-bond donors (Lipinski definition) is 2. The number of nitrogens with zero attached hydrogens (tertiary/aromatic N) is 1. The summed E-state index contributed by atoms with van der Waals surface area (Å²) in [5.41, 5.74) is 0.332. The average Bonchev–Trinajstić information content (AvgIpc) is 3.57. The third kappa shape index (κ3) is 4.84. The summed E-state index contributed by atoms with van der Waals surface area (Å²) < 4.78 is 11.8. The van der Waals surface area contributed by atoms with E-state index in [1.807, 2.05) is 85.8 Å². The van der Waals surface area contributed by atoms with Crippen molar-refractivity contribution in [3.63, 3.8) is 0 Å². The number of carbonyl (C=O) groups is 3. The molecular formula is C33H32ClN3O5. The first kappa shape index (κ1) is 28.0. The second kappa shape index (κ2) is 10.9. The van der Waals surface area contributed by atoms with Crippen molar-refractivity contribution in [1.29, 1.82) is 0 Å². The molecule has 3 aromatic rings. The summed E-state index contributed by atoms with van der Waals surface area (Å²) in [6.45, 7) is 2.56. The zero-order valence-corrected chi connectivity index (χ0v) is 24.1. The maximum atomic E-state index is 14.2. The van der Waals surface area contributed by atoms with Gasteiger partial charge in [0.25, 0.3) is 0 Å². The van der Waals surface area contributed by atoms with Crippen molar-refractivity contribution in [2.24, 2.45) is 11.8 Å². The van der Waals surface area contributed by atoms with E-state index >= 15 is 0 Å². The molecule has 2 fully saturated rings. The van der Waals surface area contributed by atoms with E-state index in [1.165, 1.54) is 0 Å². The predicted octanol–water partition coefficient (Wildman–Crippen LogP) is 4.02. The highest BCUT2D eigenvalue weighted by atomic mass is 35.5. The van der Waals surface area contributed by atoms with Crippen molar-refractivity contribution in [1.82, 2.24) is 15.5 Å². The molecular weight excluding hydrogens is 554 g/mol. The predicted molar refractivity (Wildman–Crippen MR) is 157 cm³/mol. The smallest absolute Gasteiger partial charge is 0.246 e. The first-order valence-corrected chi connectivity index (χ1v) is 14.3. The molecule has 42 heavy (non-hydrogen) atoms. The molecule has 9 heteroatoms. The molecule has 216 valence electrons. The summed E-state index contributed by atoms with van der Waals surface area (Å²) in [5, 5.41) is 6.59. The molecule has 0 aliphatic carbocycles. The van der Waals surface area contributed by atoms with E-state index in [4.69, 9.17) is 21.1 Å². The molecule has 8 nitrogen and oxygen atoms in total. The second-order valence-electron chi connectivity index (χ2n) is 11.2. The largest absolute Gasteiger partial charge is 0.497 e. The summed E-state index contributed by atoms with van der Waals surface area (Å²) in [4.78, 5) is 43.5. The first-order valence-electron chi connectivity index (χ1n) is 13.9. The highest BCUT2D eigenvalue weighted by Gasteiger charge is 2.76. The average molecular weight is 586 g/mol. The molecule has 5 atom stereocenters. The van der Waals surface area contributed by atoms with Gasteiger partial charge in [-0.3, -0.25) is 14.4 Å². The fourth-order valence-corrected chi connectivity index (χ4v) is 6.64. The fourth-order valence-electron chi connectivity index (χ4n) is 6.51. The number of rotatable bonds is 9. The number of fused-ring (bicyclic) bond motifs is 1. The minimum absolute atomic E-state index is 0.172. The maximum Gasteiger partial charge on any atom is 0.246 e. The van der Waals surface area contributed by atoms with E-state index in [2.05, 4.69) is 10.6 Å². The van der Waals surface area contributed by atoms with Gasteiger partial charge in [0.15, 0.2) is 0 Å². The van der Waals surface area contributed by atoms with Gasteiger partial charge in [-0.1, -0.05) is 78.4 Å². The summed E-state index contributed by atoms with van der Waals surface area (Å²) in [6.07, 6.45) is 3.65. The van der Waals surface area contributed by atoms with E-state index in [-0.39, 0.29) is 30.8 Å². The Hall–Kier alpha value is -4.14. The fraction of sp³-hybridized carbons (Fsp3) is 0.303. The number of carbonyl (C=O) groups excluding carboxylic acids is 3. The number of ether oxygens (including phenoxy) is 2. The van der Waals surface area contributed by atoms with Gasteiger partial charge in [0.05, 0.1) is 24.5 Å². The van der Waals surface area contributed by atoms with Crippen LogP contribution in [0.1, 0.15) is 23.6 Å². The second-order valence-corrected chi connectivity index (χ2v) is 11.6. The molecule has 3 aromatic carbocycles. The topological polar surface area (TPSA) is 97.0 Å². The van der Waals surface area contributed by atoms with Crippen LogP contribution in [-0.4, -0.2) is 47.0 Å². The molecule has 0 aromatic heterocycles. The number of methoxy groups -OCH3 is 1. The van der Waals surface area contributed by atoms with Crippen LogP contribution in [0, 0.1) is 11.8 Å². The van der Waals surface area contributed by atoms with Gasteiger partial charge in [-0.05, 0) is 47.9 Å². The minimum Gasteiger partial charge on any atom is -0.497 e. The Morgan fingerprint density at radius 3 is 2.17 bits per heavy atom. The Kier molecular flexibility index (Phi) is 7.29. The van der Waals surface area contributed by atoms with Crippen LogP contribution in [0.2, 0.25) is 5.02 Å². The molecule has 3 heterocycles. The van der Waals surface area contributed by atoms with Crippen molar-refractivity contribution in [3.8, 4) is 5.75 Å². The molecule has 2 bridgehead atoms. The van der Waals surface area contributed by atoms with Gasteiger partial charge < -0.3 is 25.0 Å². The lowest BCUT2D eigenvalue weighted by Crippen LogP contribution is -2.54. The molecule has 2 N–H and O–H groups in total. The number of hydrogen-bond acceptors (Lipinski definition) is 5. The van der Waals surface area contributed by atoms with Crippen LogP contribution < -0.4 is 15.4 Å². The van der Waals surface area contributed by atoms with Crippen molar-refractivity contribution >= 4 is 29.3 Å². The van der Waals surface area contributed by atoms with Gasteiger partial charge in [-0.2, -0.15) is 0 Å². The SMILES string of the molecule is COc1ccc(CNC(=O)[C@H]2[C@H]3C(=O)N(Cc4ccc(Cl)cc4)[C@H](C(=O)NCc4ccccc4)[C@]34C=C[C@]2(C)O4)cc1. The first-order chi connectivity index (χ1) is 20.2. The molecule has 2 saturated heterocycles. The molecule has 3 aliphatic heterocycles. The highest BCUT2D eigenvalue weighted by molar-refractivity contribution is 6.30. The number of benzene rings is 3. The summed E-state index contributed by atoms with van der Waals surface area (Å²) in [7, 11) is 1.60. The van der Waals surface area contributed by atoms with E-state index < -0.39 is 29.1 Å². The van der Waals surface area contributed by atoms with Crippen molar-refractivity contribution in [3.05, 3.63) is 113 Å². The molecule has 1 spiro atoms. The number of nitrogens with one attached hydrogen (secondary N) is 2. The Morgan fingerprint density at radius 1 is 0.881 bits per heavy atom. The Balaban J connectivity index is 1.29. The number of amides is 3. The maximum absolute atomic E-state index is 14.2. The monoisotopic (exact) mass is 585 g/mol. The van der Waals surface area contributed by atoms with E-state index in [1.54, 1.807) is 24.1 Å². The van der Waals surface area contributed by atoms with Crippen molar-refractivity contribution < 1.29 is 23.9 Å². The Bertz CT molecular complexity index is 1530. The van der Waals surface area contributed by atoms with E-state index in [9.17, 15) is 14.4 Å². The van der Waals surface area contributed by atoms with Crippen LogP contribution in [0.4, 0.5) is 0 Å². The quantitative estimate of drug-likeness (QED) is 0.370. The number of likely N-dealkylation sites (tertiary alicyclic amines) is 1. The molecule has 3 amide bonds. The van der Waals surface area contributed by atoms with Crippen LogP contribution in [0.15, 0.2) is 91.0 Å². The zero-order chi connectivity index (χ0) is 29.5. The third-order valence-corrected chi connectivity index (χ3v) is 8.78. The van der Waals surface area contributed by atoms with Crippen molar-refractivity contribution in [2.75, 3.05) is 7.11 Å². The van der Waals surface area contributed by atoms with Crippen LogP contribution in [0.3, 0.4) is 0 Å². The van der Waals surface area contributed by atoms with Gasteiger partial charge in [-0.25, -0.2) is 0 Å². The summed E-state index contributed by atoms with van der Waals surface area (Å²) in [5.74, 6) is -1.87. The molecule has 0 unspecified atom stereocenters. The highest BCUT2D eigenvalue weighted by Crippen LogP contribution is 2.59. The lowest BCUT2D eigenvalue weighted by molar-refractivity contribution is -0.145. The van der Waals surface area contributed by atoms with Gasteiger partial charge >= 0.3 is 0 Å². The van der Waals surface area contributed by atoms with Crippen LogP contribution in [-0.2, 0) is 38.8 Å². The van der Waals surface area contributed by atoms with Crippen LogP contribution >= 0.6 is 11.6 Å². The molecule has 0 radical (unpaired) electrons.